The number of rotatable bonds is 5. The first-order valence-electron chi connectivity index (χ1n) is 7.66. The van der Waals surface area contributed by atoms with E-state index < -0.39 is 6.10 Å². The number of hydrogen-bond acceptors (Lipinski definition) is 3. The third kappa shape index (κ3) is 3.22. The molecule has 0 spiro atoms. The van der Waals surface area contributed by atoms with Gasteiger partial charge < -0.3 is 20.3 Å². The lowest BCUT2D eigenvalue weighted by Crippen LogP contribution is -2.41. The first kappa shape index (κ1) is 14.8. The zero-order chi connectivity index (χ0) is 15.7. The Morgan fingerprint density at radius 1 is 1.55 bits per heavy atom. The molecule has 1 unspecified atom stereocenters. The number of aryl methyl sites for hydroxylation is 1. The SMILES string of the molecule is Cc1cccc2[nH]c(CNC(=O)N(C)CC(O)C3CC3)nc12. The summed E-state index contributed by atoms with van der Waals surface area (Å²) in [7, 11) is 1.70. The van der Waals surface area contributed by atoms with Gasteiger partial charge in [0, 0.05) is 13.6 Å². The van der Waals surface area contributed by atoms with E-state index in [0.29, 0.717) is 19.0 Å². The Hall–Kier alpha value is -2.08. The number of H-pyrrole nitrogens is 1. The second-order valence-corrected chi connectivity index (χ2v) is 6.10. The number of nitrogens with one attached hydrogen (secondary N) is 2. The van der Waals surface area contributed by atoms with E-state index in [-0.39, 0.29) is 6.03 Å². The second kappa shape index (κ2) is 5.96. The van der Waals surface area contributed by atoms with Crippen LogP contribution in [0.1, 0.15) is 24.2 Å². The number of nitrogens with zero attached hydrogens (tertiary/aromatic N) is 2. The van der Waals surface area contributed by atoms with Gasteiger partial charge in [-0.25, -0.2) is 9.78 Å². The van der Waals surface area contributed by atoms with Gasteiger partial charge in [0.15, 0.2) is 0 Å². The number of amides is 2. The molecule has 0 aliphatic heterocycles. The maximum Gasteiger partial charge on any atom is 0.317 e. The Kier molecular flexibility index (Phi) is 4.02. The van der Waals surface area contributed by atoms with Crippen molar-refractivity contribution < 1.29 is 9.90 Å². The minimum absolute atomic E-state index is 0.197. The number of aliphatic hydroxyl groups excluding tert-OH is 1. The van der Waals surface area contributed by atoms with Gasteiger partial charge in [0.1, 0.15) is 5.82 Å². The summed E-state index contributed by atoms with van der Waals surface area (Å²) in [4.78, 5) is 21.3. The highest BCUT2D eigenvalue weighted by Crippen LogP contribution is 2.32. The van der Waals surface area contributed by atoms with Gasteiger partial charge in [-0.2, -0.15) is 0 Å². The van der Waals surface area contributed by atoms with Crippen molar-refractivity contribution in [3.05, 3.63) is 29.6 Å². The Morgan fingerprint density at radius 3 is 3.00 bits per heavy atom. The van der Waals surface area contributed by atoms with Crippen LogP contribution in [0.5, 0.6) is 0 Å². The Bertz CT molecular complexity index is 678. The number of aliphatic hydroxyl groups is 1. The molecule has 2 amide bonds. The zero-order valence-electron chi connectivity index (χ0n) is 13.0. The number of benzene rings is 1. The van der Waals surface area contributed by atoms with Gasteiger partial charge in [0.25, 0.3) is 0 Å². The molecule has 1 atom stereocenters. The number of carbonyl (C=O) groups is 1. The zero-order valence-corrected chi connectivity index (χ0v) is 13.0. The number of carbonyl (C=O) groups excluding carboxylic acids is 1. The lowest BCUT2D eigenvalue weighted by atomic mass is 10.2. The summed E-state index contributed by atoms with van der Waals surface area (Å²) in [6.45, 7) is 2.73. The average Bonchev–Trinajstić information content (AvgIpc) is 3.25. The van der Waals surface area contributed by atoms with Crippen molar-refractivity contribution in [3.63, 3.8) is 0 Å². The molecule has 0 radical (unpaired) electrons. The van der Waals surface area contributed by atoms with E-state index in [9.17, 15) is 9.90 Å². The summed E-state index contributed by atoms with van der Waals surface area (Å²) in [6.07, 6.45) is 1.72. The highest BCUT2D eigenvalue weighted by atomic mass is 16.3. The van der Waals surface area contributed by atoms with Gasteiger partial charge in [-0.1, -0.05) is 12.1 Å². The molecule has 0 saturated heterocycles. The molecule has 6 heteroatoms. The van der Waals surface area contributed by atoms with Gasteiger partial charge in [-0.3, -0.25) is 0 Å². The molecule has 22 heavy (non-hydrogen) atoms. The van der Waals surface area contributed by atoms with Crippen molar-refractivity contribution in [2.75, 3.05) is 13.6 Å². The number of fused-ring (bicyclic) bond motifs is 1. The summed E-state index contributed by atoms with van der Waals surface area (Å²) in [5.41, 5.74) is 3.02. The topological polar surface area (TPSA) is 81.2 Å². The molecule has 1 fully saturated rings. The molecule has 1 aromatic carbocycles. The first-order valence-corrected chi connectivity index (χ1v) is 7.66. The number of aromatic nitrogens is 2. The summed E-state index contributed by atoms with van der Waals surface area (Å²) >= 11 is 0. The van der Waals surface area contributed by atoms with Gasteiger partial charge in [0.05, 0.1) is 23.7 Å². The van der Waals surface area contributed by atoms with Crippen molar-refractivity contribution in [2.24, 2.45) is 5.92 Å². The Morgan fingerprint density at radius 2 is 2.32 bits per heavy atom. The molecule has 1 aromatic heterocycles. The van der Waals surface area contributed by atoms with E-state index in [0.717, 1.165) is 35.3 Å². The average molecular weight is 302 g/mol. The largest absolute Gasteiger partial charge is 0.391 e. The Balaban J connectivity index is 1.56. The third-order valence-electron chi connectivity index (χ3n) is 4.14. The molecule has 6 nitrogen and oxygen atoms in total. The second-order valence-electron chi connectivity index (χ2n) is 6.10. The molecule has 1 aliphatic carbocycles. The van der Waals surface area contributed by atoms with Crippen LogP contribution in [0.3, 0.4) is 0 Å². The van der Waals surface area contributed by atoms with Crippen molar-refractivity contribution in [1.82, 2.24) is 20.2 Å². The minimum atomic E-state index is -0.412. The van der Waals surface area contributed by atoms with E-state index in [2.05, 4.69) is 15.3 Å². The maximum absolute atomic E-state index is 12.0. The van der Waals surface area contributed by atoms with Crippen LogP contribution in [0.15, 0.2) is 18.2 Å². The fourth-order valence-corrected chi connectivity index (χ4v) is 2.60. The van der Waals surface area contributed by atoms with Gasteiger partial charge in [-0.15, -0.1) is 0 Å². The van der Waals surface area contributed by atoms with E-state index in [1.807, 2.05) is 25.1 Å². The summed E-state index contributed by atoms with van der Waals surface area (Å²) < 4.78 is 0. The lowest BCUT2D eigenvalue weighted by Gasteiger charge is -2.20. The fourth-order valence-electron chi connectivity index (χ4n) is 2.60. The van der Waals surface area contributed by atoms with E-state index in [1.54, 1.807) is 7.05 Å². The smallest absolute Gasteiger partial charge is 0.317 e. The van der Waals surface area contributed by atoms with E-state index in [4.69, 9.17) is 0 Å². The monoisotopic (exact) mass is 302 g/mol. The lowest BCUT2D eigenvalue weighted by molar-refractivity contribution is 0.113. The van der Waals surface area contributed by atoms with Crippen LogP contribution in [-0.4, -0.2) is 45.7 Å². The van der Waals surface area contributed by atoms with Crippen LogP contribution in [0.2, 0.25) is 0 Å². The van der Waals surface area contributed by atoms with Gasteiger partial charge >= 0.3 is 6.03 Å². The van der Waals surface area contributed by atoms with Gasteiger partial charge in [0.2, 0.25) is 0 Å². The van der Waals surface area contributed by atoms with Crippen LogP contribution < -0.4 is 5.32 Å². The van der Waals surface area contributed by atoms with E-state index in [1.165, 1.54) is 4.90 Å². The number of likely N-dealkylation sites (N-methyl/N-ethyl adjacent to an activating group) is 1. The summed E-state index contributed by atoms with van der Waals surface area (Å²) in [6, 6.07) is 5.76. The molecular formula is C16H22N4O2. The number of imidazole rings is 1. The molecule has 0 bridgehead atoms. The predicted molar refractivity (Wildman–Crippen MR) is 84.4 cm³/mol. The number of aromatic amines is 1. The normalized spacial score (nSPS) is 15.8. The quantitative estimate of drug-likeness (QED) is 0.787. The van der Waals surface area contributed by atoms with Crippen LogP contribution in [0.4, 0.5) is 4.79 Å². The molecule has 118 valence electrons. The maximum atomic E-state index is 12.0. The van der Waals surface area contributed by atoms with Crippen LogP contribution in [0.25, 0.3) is 11.0 Å². The van der Waals surface area contributed by atoms with Crippen molar-refractivity contribution in [3.8, 4) is 0 Å². The van der Waals surface area contributed by atoms with E-state index >= 15 is 0 Å². The molecular weight excluding hydrogens is 280 g/mol. The summed E-state index contributed by atoms with van der Waals surface area (Å²) in [5, 5.41) is 12.7. The molecule has 3 N–H and O–H groups in total. The van der Waals surface area contributed by atoms with Crippen molar-refractivity contribution >= 4 is 17.1 Å². The Labute approximate surface area is 129 Å². The van der Waals surface area contributed by atoms with Crippen molar-refractivity contribution in [2.45, 2.75) is 32.4 Å². The molecule has 3 rings (SSSR count). The third-order valence-corrected chi connectivity index (χ3v) is 4.14. The van der Waals surface area contributed by atoms with Crippen molar-refractivity contribution in [1.29, 1.82) is 0 Å². The standard InChI is InChI=1S/C16H22N4O2/c1-10-4-3-5-12-15(10)19-14(18-12)8-17-16(22)20(2)9-13(21)11-6-7-11/h3-5,11,13,21H,6-9H2,1-2H3,(H,17,22)(H,18,19). The van der Waals surface area contributed by atoms with Crippen LogP contribution >= 0.6 is 0 Å². The molecule has 1 heterocycles. The summed E-state index contributed by atoms with van der Waals surface area (Å²) in [5.74, 6) is 1.10. The number of hydrogen-bond donors (Lipinski definition) is 3. The molecule has 1 aliphatic rings. The minimum Gasteiger partial charge on any atom is -0.391 e. The molecule has 1 saturated carbocycles. The predicted octanol–water partition coefficient (Wildman–Crippen LogP) is 1.78. The number of urea groups is 1. The fraction of sp³-hybridized carbons (Fsp3) is 0.500. The van der Waals surface area contributed by atoms with Crippen LogP contribution in [0, 0.1) is 12.8 Å². The highest BCUT2D eigenvalue weighted by Gasteiger charge is 2.31. The van der Waals surface area contributed by atoms with Crippen LogP contribution in [-0.2, 0) is 6.54 Å². The number of para-hydroxylation sites is 1. The van der Waals surface area contributed by atoms with Gasteiger partial charge in [-0.05, 0) is 37.3 Å². The molecule has 2 aromatic rings. The first-order chi connectivity index (χ1) is 10.5. The highest BCUT2D eigenvalue weighted by molar-refractivity contribution is 5.78.